The van der Waals surface area contributed by atoms with E-state index in [9.17, 15) is 0 Å². The maximum absolute atomic E-state index is 4.45. The summed E-state index contributed by atoms with van der Waals surface area (Å²) in [7, 11) is 0. The molecule has 0 radical (unpaired) electrons. The van der Waals surface area contributed by atoms with Crippen LogP contribution < -0.4 is 5.32 Å². The lowest BCUT2D eigenvalue weighted by Crippen LogP contribution is -2.33. The molecule has 1 aliphatic rings. The summed E-state index contributed by atoms with van der Waals surface area (Å²) in [4.78, 5) is 4.45. The highest BCUT2D eigenvalue weighted by molar-refractivity contribution is 5.42. The van der Waals surface area contributed by atoms with E-state index < -0.39 is 0 Å². The topological polar surface area (TPSA) is 55.1 Å². The Balaban J connectivity index is 1.85. The molecule has 0 aromatic carbocycles. The van der Waals surface area contributed by atoms with Gasteiger partial charge in [-0.1, -0.05) is 6.92 Å². The molecular weight excluding hydrogens is 214 g/mol. The van der Waals surface area contributed by atoms with Gasteiger partial charge in [0.1, 0.15) is 6.33 Å². The molecule has 3 rings (SSSR count). The van der Waals surface area contributed by atoms with Crippen molar-refractivity contribution in [2.45, 2.75) is 32.2 Å². The highest BCUT2D eigenvalue weighted by Gasteiger charge is 2.31. The molecule has 1 fully saturated rings. The molecule has 90 valence electrons. The van der Waals surface area contributed by atoms with E-state index >= 15 is 0 Å². The van der Waals surface area contributed by atoms with Gasteiger partial charge in [-0.25, -0.2) is 0 Å². The second-order valence-electron chi connectivity index (χ2n) is 4.64. The minimum Gasteiger partial charge on any atom is -0.314 e. The summed E-state index contributed by atoms with van der Waals surface area (Å²) in [6.45, 7) is 3.16. The summed E-state index contributed by atoms with van der Waals surface area (Å²) in [5.41, 5.74) is 1.93. The van der Waals surface area contributed by atoms with Crippen LogP contribution in [0.1, 0.15) is 25.5 Å². The Bertz CT molecular complexity index is 502. The van der Waals surface area contributed by atoms with E-state index in [-0.39, 0.29) is 0 Å². The average molecular weight is 231 g/mol. The van der Waals surface area contributed by atoms with E-state index in [1.165, 1.54) is 12.8 Å². The fourth-order valence-electron chi connectivity index (χ4n) is 2.33. The molecule has 2 aromatic rings. The van der Waals surface area contributed by atoms with E-state index in [1.807, 2.05) is 16.8 Å². The first-order chi connectivity index (χ1) is 8.38. The summed E-state index contributed by atoms with van der Waals surface area (Å²) in [6.07, 6.45) is 9.06. The normalized spacial score (nSPS) is 17.5. The van der Waals surface area contributed by atoms with Crippen molar-refractivity contribution in [2.24, 2.45) is 5.92 Å². The molecule has 1 unspecified atom stereocenters. The fourth-order valence-corrected chi connectivity index (χ4v) is 2.33. The molecule has 1 N–H and O–H groups in total. The molecule has 0 bridgehead atoms. The lowest BCUT2D eigenvalue weighted by molar-refractivity contribution is 0.469. The van der Waals surface area contributed by atoms with Crippen molar-refractivity contribution in [3.8, 4) is 0 Å². The van der Waals surface area contributed by atoms with Crippen LogP contribution in [0.3, 0.4) is 0 Å². The van der Waals surface area contributed by atoms with Crippen molar-refractivity contribution in [1.82, 2.24) is 24.9 Å². The predicted molar refractivity (Wildman–Crippen MR) is 64.7 cm³/mol. The number of nitrogens with zero attached hydrogens (tertiary/aromatic N) is 4. The zero-order valence-corrected chi connectivity index (χ0v) is 10.0. The highest BCUT2D eigenvalue weighted by Crippen LogP contribution is 2.34. The second kappa shape index (κ2) is 4.41. The van der Waals surface area contributed by atoms with Crippen molar-refractivity contribution in [3.63, 3.8) is 0 Å². The molecule has 1 saturated carbocycles. The van der Waals surface area contributed by atoms with Gasteiger partial charge in [0.2, 0.25) is 0 Å². The van der Waals surface area contributed by atoms with Crippen molar-refractivity contribution >= 4 is 5.65 Å². The van der Waals surface area contributed by atoms with E-state index in [2.05, 4.69) is 27.4 Å². The number of aromatic nitrogens is 4. The van der Waals surface area contributed by atoms with Crippen LogP contribution in [0.4, 0.5) is 0 Å². The summed E-state index contributed by atoms with van der Waals surface area (Å²) < 4.78 is 1.93. The molecule has 0 amide bonds. The third kappa shape index (κ3) is 2.15. The Labute approximate surface area is 100 Å². The number of fused-ring (bicyclic) bond motifs is 1. The summed E-state index contributed by atoms with van der Waals surface area (Å²) in [5.74, 6) is 0.819. The van der Waals surface area contributed by atoms with Crippen molar-refractivity contribution in [3.05, 3.63) is 24.4 Å². The molecule has 5 heteroatoms. The summed E-state index contributed by atoms with van der Waals surface area (Å²) in [6, 6.07) is 0.537. The third-order valence-corrected chi connectivity index (χ3v) is 3.36. The largest absolute Gasteiger partial charge is 0.314 e. The molecule has 5 nitrogen and oxygen atoms in total. The molecule has 1 atom stereocenters. The molecule has 1 aliphatic carbocycles. The SMILES string of the molecule is CCNC(Cc1nccn2cnnc12)C1CC1. The summed E-state index contributed by atoms with van der Waals surface area (Å²) in [5, 5.41) is 11.6. The first kappa shape index (κ1) is 10.7. The maximum Gasteiger partial charge on any atom is 0.182 e. The maximum atomic E-state index is 4.45. The molecule has 2 heterocycles. The van der Waals surface area contributed by atoms with Crippen LogP contribution in [0.25, 0.3) is 5.65 Å². The van der Waals surface area contributed by atoms with Crippen LogP contribution in [-0.2, 0) is 6.42 Å². The van der Waals surface area contributed by atoms with E-state index in [0.717, 1.165) is 30.2 Å². The fraction of sp³-hybridized carbons (Fsp3) is 0.583. The number of hydrogen-bond acceptors (Lipinski definition) is 4. The van der Waals surface area contributed by atoms with Gasteiger partial charge in [-0.2, -0.15) is 0 Å². The van der Waals surface area contributed by atoms with Gasteiger partial charge < -0.3 is 5.32 Å². The molecular formula is C12H17N5. The Kier molecular flexibility index (Phi) is 2.76. The molecule has 0 aliphatic heterocycles. The smallest absolute Gasteiger partial charge is 0.182 e. The number of nitrogens with one attached hydrogen (secondary N) is 1. The first-order valence-electron chi connectivity index (χ1n) is 6.25. The average Bonchev–Trinajstić information content (AvgIpc) is 3.07. The summed E-state index contributed by atoms with van der Waals surface area (Å²) >= 11 is 0. The lowest BCUT2D eigenvalue weighted by Gasteiger charge is -2.16. The molecule has 17 heavy (non-hydrogen) atoms. The first-order valence-corrected chi connectivity index (χ1v) is 6.25. The standard InChI is InChI=1S/C12H17N5/c1-2-13-10(9-3-4-9)7-11-12-16-15-8-17(12)6-5-14-11/h5-6,8-10,13H,2-4,7H2,1H3. The number of likely N-dealkylation sites (N-methyl/N-ethyl adjacent to an activating group) is 1. The molecule has 2 aromatic heterocycles. The van der Waals surface area contributed by atoms with E-state index in [4.69, 9.17) is 0 Å². The highest BCUT2D eigenvalue weighted by atomic mass is 15.2. The zero-order chi connectivity index (χ0) is 11.7. The van der Waals surface area contributed by atoms with Gasteiger partial charge in [0.25, 0.3) is 0 Å². The zero-order valence-electron chi connectivity index (χ0n) is 10.0. The van der Waals surface area contributed by atoms with Crippen LogP contribution in [0.2, 0.25) is 0 Å². The lowest BCUT2D eigenvalue weighted by atomic mass is 10.1. The minimum absolute atomic E-state index is 0.537. The third-order valence-electron chi connectivity index (χ3n) is 3.36. The Morgan fingerprint density at radius 2 is 2.41 bits per heavy atom. The van der Waals surface area contributed by atoms with Crippen LogP contribution >= 0.6 is 0 Å². The number of hydrogen-bond donors (Lipinski definition) is 1. The predicted octanol–water partition coefficient (Wildman–Crippen LogP) is 1.05. The van der Waals surface area contributed by atoms with Crippen LogP contribution in [-0.4, -0.2) is 32.2 Å². The van der Waals surface area contributed by atoms with Gasteiger partial charge in [0, 0.05) is 24.9 Å². The van der Waals surface area contributed by atoms with Gasteiger partial charge in [-0.15, -0.1) is 10.2 Å². The minimum atomic E-state index is 0.537. The Hall–Kier alpha value is -1.49. The van der Waals surface area contributed by atoms with Crippen molar-refractivity contribution in [2.75, 3.05) is 6.54 Å². The van der Waals surface area contributed by atoms with Gasteiger partial charge >= 0.3 is 0 Å². The van der Waals surface area contributed by atoms with Crippen LogP contribution in [0.5, 0.6) is 0 Å². The van der Waals surface area contributed by atoms with E-state index in [1.54, 1.807) is 6.33 Å². The van der Waals surface area contributed by atoms with Crippen molar-refractivity contribution < 1.29 is 0 Å². The van der Waals surface area contributed by atoms with Gasteiger partial charge in [0.15, 0.2) is 5.65 Å². The molecule has 0 spiro atoms. The monoisotopic (exact) mass is 231 g/mol. The quantitative estimate of drug-likeness (QED) is 0.836. The van der Waals surface area contributed by atoms with Gasteiger partial charge in [-0.05, 0) is 25.3 Å². The van der Waals surface area contributed by atoms with Crippen LogP contribution in [0.15, 0.2) is 18.7 Å². The van der Waals surface area contributed by atoms with Crippen LogP contribution in [0, 0.1) is 5.92 Å². The Morgan fingerprint density at radius 3 is 3.18 bits per heavy atom. The van der Waals surface area contributed by atoms with E-state index in [0.29, 0.717) is 6.04 Å². The second-order valence-corrected chi connectivity index (χ2v) is 4.64. The van der Waals surface area contributed by atoms with Crippen molar-refractivity contribution in [1.29, 1.82) is 0 Å². The molecule has 0 saturated heterocycles. The van der Waals surface area contributed by atoms with Gasteiger partial charge in [-0.3, -0.25) is 9.38 Å². The Morgan fingerprint density at radius 1 is 1.53 bits per heavy atom. The number of rotatable bonds is 5. The van der Waals surface area contributed by atoms with Gasteiger partial charge in [0.05, 0.1) is 5.69 Å².